The molecule has 1 fully saturated rings. The van der Waals surface area contributed by atoms with Gasteiger partial charge in [-0.25, -0.2) is 0 Å². The SMILES string of the molecule is CCCN(C)C(=S)NC1CC1. The number of nitrogens with one attached hydrogen (secondary N) is 1. The van der Waals surface area contributed by atoms with Crippen LogP contribution in [0.5, 0.6) is 0 Å². The van der Waals surface area contributed by atoms with Crippen molar-refractivity contribution >= 4 is 17.3 Å². The fraction of sp³-hybridized carbons (Fsp3) is 0.875. The summed E-state index contributed by atoms with van der Waals surface area (Å²) in [4.78, 5) is 2.10. The zero-order valence-electron chi connectivity index (χ0n) is 7.26. The standard InChI is InChI=1S/C8H16N2S/c1-3-6-10(2)8(11)9-7-4-5-7/h7H,3-6H2,1-2H3,(H,9,11). The third-order valence-corrected chi connectivity index (χ3v) is 2.24. The molecular weight excluding hydrogens is 156 g/mol. The minimum atomic E-state index is 0.682. The Morgan fingerprint density at radius 3 is 2.73 bits per heavy atom. The van der Waals surface area contributed by atoms with Crippen LogP contribution in [0.2, 0.25) is 0 Å². The molecule has 0 aromatic rings. The third kappa shape index (κ3) is 3.06. The molecule has 0 bridgehead atoms. The highest BCUT2D eigenvalue weighted by molar-refractivity contribution is 7.80. The third-order valence-electron chi connectivity index (χ3n) is 1.81. The maximum absolute atomic E-state index is 5.17. The van der Waals surface area contributed by atoms with Crippen LogP contribution in [0.4, 0.5) is 0 Å². The lowest BCUT2D eigenvalue weighted by Gasteiger charge is -2.19. The van der Waals surface area contributed by atoms with Crippen molar-refractivity contribution in [3.63, 3.8) is 0 Å². The van der Waals surface area contributed by atoms with Crippen LogP contribution in [0.15, 0.2) is 0 Å². The zero-order chi connectivity index (χ0) is 8.27. The second kappa shape index (κ2) is 3.90. The fourth-order valence-corrected chi connectivity index (χ4v) is 1.21. The first-order valence-corrected chi connectivity index (χ1v) is 4.66. The monoisotopic (exact) mass is 172 g/mol. The molecule has 1 N–H and O–H groups in total. The second-order valence-electron chi connectivity index (χ2n) is 3.15. The number of thiocarbonyl (C=S) groups is 1. The van der Waals surface area contributed by atoms with Crippen molar-refractivity contribution in [2.24, 2.45) is 0 Å². The molecule has 0 aromatic carbocycles. The molecule has 2 nitrogen and oxygen atoms in total. The second-order valence-corrected chi connectivity index (χ2v) is 3.53. The summed E-state index contributed by atoms with van der Waals surface area (Å²) in [5.41, 5.74) is 0. The Balaban J connectivity index is 2.15. The van der Waals surface area contributed by atoms with Crippen molar-refractivity contribution in [1.82, 2.24) is 10.2 Å². The summed E-state index contributed by atoms with van der Waals surface area (Å²) in [6.45, 7) is 3.22. The van der Waals surface area contributed by atoms with Gasteiger partial charge in [0.1, 0.15) is 0 Å². The van der Waals surface area contributed by atoms with E-state index in [9.17, 15) is 0 Å². The van der Waals surface area contributed by atoms with Crippen LogP contribution in [-0.4, -0.2) is 29.6 Å². The molecule has 0 heterocycles. The van der Waals surface area contributed by atoms with E-state index in [1.807, 2.05) is 7.05 Å². The largest absolute Gasteiger partial charge is 0.360 e. The van der Waals surface area contributed by atoms with Crippen LogP contribution >= 0.6 is 12.2 Å². The lowest BCUT2D eigenvalue weighted by Crippen LogP contribution is -2.38. The molecule has 0 atom stereocenters. The van der Waals surface area contributed by atoms with E-state index in [0.717, 1.165) is 18.1 Å². The molecule has 1 saturated carbocycles. The molecule has 0 amide bonds. The normalized spacial score (nSPS) is 16.2. The van der Waals surface area contributed by atoms with Crippen LogP contribution in [0.1, 0.15) is 26.2 Å². The minimum Gasteiger partial charge on any atom is -0.360 e. The van der Waals surface area contributed by atoms with E-state index < -0.39 is 0 Å². The van der Waals surface area contributed by atoms with E-state index in [1.54, 1.807) is 0 Å². The van der Waals surface area contributed by atoms with E-state index in [4.69, 9.17) is 12.2 Å². The molecule has 0 radical (unpaired) electrons. The summed E-state index contributed by atoms with van der Waals surface area (Å²) in [6.07, 6.45) is 3.74. The van der Waals surface area contributed by atoms with Gasteiger partial charge in [0.05, 0.1) is 0 Å². The molecule has 3 heteroatoms. The fourth-order valence-electron chi connectivity index (χ4n) is 0.949. The highest BCUT2D eigenvalue weighted by Gasteiger charge is 2.22. The lowest BCUT2D eigenvalue weighted by atomic mass is 10.4. The molecule has 0 spiro atoms. The molecule has 1 aliphatic carbocycles. The Bertz CT molecular complexity index is 143. The molecule has 0 unspecified atom stereocenters. The molecule has 64 valence electrons. The van der Waals surface area contributed by atoms with Crippen molar-refractivity contribution in [1.29, 1.82) is 0 Å². The minimum absolute atomic E-state index is 0.682. The van der Waals surface area contributed by atoms with Gasteiger partial charge >= 0.3 is 0 Å². The first kappa shape index (κ1) is 8.78. The molecule has 0 aromatic heterocycles. The highest BCUT2D eigenvalue weighted by atomic mass is 32.1. The van der Waals surface area contributed by atoms with E-state index in [0.29, 0.717) is 6.04 Å². The number of hydrogen-bond acceptors (Lipinski definition) is 1. The zero-order valence-corrected chi connectivity index (χ0v) is 8.08. The average Bonchev–Trinajstić information content (AvgIpc) is 2.72. The summed E-state index contributed by atoms with van der Waals surface area (Å²) >= 11 is 5.17. The van der Waals surface area contributed by atoms with Gasteiger partial charge in [-0.1, -0.05) is 6.92 Å². The van der Waals surface area contributed by atoms with Gasteiger partial charge in [-0.15, -0.1) is 0 Å². The number of rotatable bonds is 3. The van der Waals surface area contributed by atoms with Crippen molar-refractivity contribution < 1.29 is 0 Å². The topological polar surface area (TPSA) is 15.3 Å². The molecule has 0 saturated heterocycles. The first-order chi connectivity index (χ1) is 5.24. The van der Waals surface area contributed by atoms with Gasteiger partial charge in [0.2, 0.25) is 0 Å². The number of nitrogens with zero attached hydrogens (tertiary/aromatic N) is 1. The van der Waals surface area contributed by atoms with Gasteiger partial charge < -0.3 is 10.2 Å². The predicted octanol–water partition coefficient (Wildman–Crippen LogP) is 1.37. The molecular formula is C8H16N2S. The van der Waals surface area contributed by atoms with Crippen LogP contribution in [0, 0.1) is 0 Å². The van der Waals surface area contributed by atoms with Gasteiger partial charge in [-0.05, 0) is 31.5 Å². The first-order valence-electron chi connectivity index (χ1n) is 4.25. The Labute approximate surface area is 74.0 Å². The Morgan fingerprint density at radius 1 is 1.64 bits per heavy atom. The Kier molecular flexibility index (Phi) is 3.12. The summed E-state index contributed by atoms with van der Waals surface area (Å²) in [7, 11) is 2.04. The van der Waals surface area contributed by atoms with Crippen molar-refractivity contribution in [3.05, 3.63) is 0 Å². The van der Waals surface area contributed by atoms with E-state index in [1.165, 1.54) is 12.8 Å². The maximum Gasteiger partial charge on any atom is 0.168 e. The summed E-state index contributed by atoms with van der Waals surface area (Å²) in [5.74, 6) is 0. The Morgan fingerprint density at radius 2 is 2.27 bits per heavy atom. The maximum atomic E-state index is 5.17. The van der Waals surface area contributed by atoms with E-state index in [2.05, 4.69) is 17.1 Å². The lowest BCUT2D eigenvalue weighted by molar-refractivity contribution is 0.489. The summed E-state index contributed by atoms with van der Waals surface area (Å²) in [6, 6.07) is 0.682. The van der Waals surface area contributed by atoms with Gasteiger partial charge in [-0.2, -0.15) is 0 Å². The van der Waals surface area contributed by atoms with Crippen LogP contribution in [-0.2, 0) is 0 Å². The van der Waals surface area contributed by atoms with Crippen molar-refractivity contribution in [3.8, 4) is 0 Å². The average molecular weight is 172 g/mol. The van der Waals surface area contributed by atoms with Gasteiger partial charge in [0.25, 0.3) is 0 Å². The highest BCUT2D eigenvalue weighted by Crippen LogP contribution is 2.18. The molecule has 1 rings (SSSR count). The number of hydrogen-bond donors (Lipinski definition) is 1. The van der Waals surface area contributed by atoms with Gasteiger partial charge in [0, 0.05) is 19.6 Å². The molecule has 11 heavy (non-hydrogen) atoms. The van der Waals surface area contributed by atoms with E-state index in [-0.39, 0.29) is 0 Å². The predicted molar refractivity (Wildman–Crippen MR) is 51.7 cm³/mol. The van der Waals surface area contributed by atoms with Crippen LogP contribution in [0.3, 0.4) is 0 Å². The summed E-state index contributed by atoms with van der Waals surface area (Å²) < 4.78 is 0. The van der Waals surface area contributed by atoms with Gasteiger partial charge in [-0.3, -0.25) is 0 Å². The molecule has 1 aliphatic rings. The van der Waals surface area contributed by atoms with Crippen molar-refractivity contribution in [2.75, 3.05) is 13.6 Å². The van der Waals surface area contributed by atoms with E-state index >= 15 is 0 Å². The van der Waals surface area contributed by atoms with Crippen LogP contribution < -0.4 is 5.32 Å². The Hall–Kier alpha value is -0.310. The molecule has 0 aliphatic heterocycles. The quantitative estimate of drug-likeness (QED) is 0.647. The summed E-state index contributed by atoms with van der Waals surface area (Å²) in [5, 5.41) is 4.21. The van der Waals surface area contributed by atoms with Crippen molar-refractivity contribution in [2.45, 2.75) is 32.2 Å². The smallest absolute Gasteiger partial charge is 0.168 e. The van der Waals surface area contributed by atoms with Crippen LogP contribution in [0.25, 0.3) is 0 Å². The van der Waals surface area contributed by atoms with Gasteiger partial charge in [0.15, 0.2) is 5.11 Å².